The third-order valence-corrected chi connectivity index (χ3v) is 6.10. The highest BCUT2D eigenvalue weighted by Gasteiger charge is 2.16. The largest absolute Gasteiger partial charge is 0.399 e. The first-order valence-corrected chi connectivity index (χ1v) is 9.48. The fourth-order valence-electron chi connectivity index (χ4n) is 1.67. The van der Waals surface area contributed by atoms with Gasteiger partial charge in [-0.2, -0.15) is 0 Å². The van der Waals surface area contributed by atoms with Crippen molar-refractivity contribution in [2.45, 2.75) is 9.79 Å². The quantitative estimate of drug-likeness (QED) is 0.454. The molecule has 0 amide bonds. The summed E-state index contributed by atoms with van der Waals surface area (Å²) in [5.74, 6) is 0.663. The van der Waals surface area contributed by atoms with E-state index in [0.29, 0.717) is 22.5 Å². The summed E-state index contributed by atoms with van der Waals surface area (Å²) in [6.07, 6.45) is 0. The molecule has 0 aliphatic carbocycles. The lowest BCUT2D eigenvalue weighted by molar-refractivity contribution is 0.584. The topological polar surface area (TPSA) is 72.2 Å². The fourth-order valence-corrected chi connectivity index (χ4v) is 4.72. The first-order chi connectivity index (χ1) is 9.99. The molecule has 0 radical (unpaired) electrons. The molecule has 0 bridgehead atoms. The molecule has 2 rings (SSSR count). The van der Waals surface area contributed by atoms with Gasteiger partial charge in [0.05, 0.1) is 4.90 Å². The van der Waals surface area contributed by atoms with Crippen LogP contribution in [0.1, 0.15) is 0 Å². The molecule has 0 spiro atoms. The highest BCUT2D eigenvalue weighted by Crippen LogP contribution is 2.24. The lowest BCUT2D eigenvalue weighted by Gasteiger charge is -2.09. The Bertz CT molecular complexity index is 706. The van der Waals surface area contributed by atoms with E-state index in [9.17, 15) is 8.42 Å². The number of rotatable bonds is 6. The maximum atomic E-state index is 12.2. The van der Waals surface area contributed by atoms with Gasteiger partial charge in [-0.1, -0.05) is 18.2 Å². The van der Waals surface area contributed by atoms with E-state index >= 15 is 0 Å². The van der Waals surface area contributed by atoms with Crippen LogP contribution in [0.25, 0.3) is 0 Å². The van der Waals surface area contributed by atoms with Crippen molar-refractivity contribution < 1.29 is 8.42 Å². The number of nitrogens with one attached hydrogen (secondary N) is 1. The summed E-state index contributed by atoms with van der Waals surface area (Å²) >= 11 is 4.83. The number of thioether (sulfide) groups is 1. The Morgan fingerprint density at radius 1 is 1.14 bits per heavy atom. The van der Waals surface area contributed by atoms with Gasteiger partial charge >= 0.3 is 0 Å². The van der Waals surface area contributed by atoms with E-state index in [4.69, 9.17) is 5.73 Å². The predicted molar refractivity (Wildman–Crippen MR) is 90.9 cm³/mol. The van der Waals surface area contributed by atoms with Crippen molar-refractivity contribution in [3.8, 4) is 0 Å². The summed E-state index contributed by atoms with van der Waals surface area (Å²) < 4.78 is 27.4. The Morgan fingerprint density at radius 3 is 2.52 bits per heavy atom. The summed E-state index contributed by atoms with van der Waals surface area (Å²) in [7, 11) is -3.53. The molecule has 2 aromatic carbocycles. The molecule has 7 heteroatoms. The van der Waals surface area contributed by atoms with Crippen molar-refractivity contribution in [1.29, 1.82) is 0 Å². The molecule has 0 saturated carbocycles. The van der Waals surface area contributed by atoms with Gasteiger partial charge in [0.25, 0.3) is 0 Å². The zero-order valence-corrected chi connectivity index (χ0v) is 14.3. The molecular weight excluding hydrogens is 372 g/mol. The van der Waals surface area contributed by atoms with Crippen molar-refractivity contribution in [2.75, 3.05) is 18.0 Å². The third-order valence-electron chi connectivity index (χ3n) is 2.65. The molecule has 0 aliphatic heterocycles. The standard InChI is InChI=1S/C14H15BrN2O2S2/c15-13-10-11(16)6-7-14(13)21(18,19)17-8-9-20-12-4-2-1-3-5-12/h1-7,10,17H,8-9,16H2. The SMILES string of the molecule is Nc1ccc(S(=O)(=O)NCCSc2ccccc2)c(Br)c1. The average Bonchev–Trinajstić information content (AvgIpc) is 2.44. The van der Waals surface area contributed by atoms with Gasteiger partial charge in [-0.25, -0.2) is 13.1 Å². The Hall–Kier alpha value is -1.02. The van der Waals surface area contributed by atoms with Crippen LogP contribution >= 0.6 is 27.7 Å². The monoisotopic (exact) mass is 386 g/mol. The normalized spacial score (nSPS) is 11.5. The molecule has 0 unspecified atom stereocenters. The second kappa shape index (κ2) is 7.31. The van der Waals surface area contributed by atoms with Crippen LogP contribution in [0.5, 0.6) is 0 Å². The Kier molecular flexibility index (Phi) is 5.69. The van der Waals surface area contributed by atoms with E-state index in [0.717, 1.165) is 4.90 Å². The molecule has 0 heterocycles. The highest BCUT2D eigenvalue weighted by atomic mass is 79.9. The van der Waals surface area contributed by atoms with E-state index in [2.05, 4.69) is 20.7 Å². The summed E-state index contributed by atoms with van der Waals surface area (Å²) in [5, 5.41) is 0. The maximum absolute atomic E-state index is 12.2. The van der Waals surface area contributed by atoms with Crippen molar-refractivity contribution in [2.24, 2.45) is 0 Å². The van der Waals surface area contributed by atoms with Crippen LogP contribution in [0.15, 0.2) is 62.8 Å². The van der Waals surface area contributed by atoms with Gasteiger partial charge < -0.3 is 5.73 Å². The molecule has 112 valence electrons. The van der Waals surface area contributed by atoms with E-state index in [1.54, 1.807) is 23.9 Å². The highest BCUT2D eigenvalue weighted by molar-refractivity contribution is 9.10. The zero-order chi connectivity index (χ0) is 15.3. The van der Waals surface area contributed by atoms with Crippen LogP contribution in [0.3, 0.4) is 0 Å². The number of hydrogen-bond acceptors (Lipinski definition) is 4. The molecule has 21 heavy (non-hydrogen) atoms. The zero-order valence-electron chi connectivity index (χ0n) is 11.1. The average molecular weight is 387 g/mol. The van der Waals surface area contributed by atoms with Crippen LogP contribution in [0.4, 0.5) is 5.69 Å². The van der Waals surface area contributed by atoms with Crippen molar-refractivity contribution in [3.63, 3.8) is 0 Å². The van der Waals surface area contributed by atoms with Gasteiger partial charge in [0.2, 0.25) is 10.0 Å². The molecule has 0 fully saturated rings. The minimum absolute atomic E-state index is 0.196. The van der Waals surface area contributed by atoms with Gasteiger partial charge in [-0.15, -0.1) is 11.8 Å². The Balaban J connectivity index is 1.92. The number of nitrogen functional groups attached to an aromatic ring is 1. The Morgan fingerprint density at radius 2 is 1.86 bits per heavy atom. The second-order valence-electron chi connectivity index (χ2n) is 4.25. The summed E-state index contributed by atoms with van der Waals surface area (Å²) in [6, 6.07) is 14.5. The fraction of sp³-hybridized carbons (Fsp3) is 0.143. The van der Waals surface area contributed by atoms with Crippen molar-refractivity contribution in [3.05, 3.63) is 53.0 Å². The maximum Gasteiger partial charge on any atom is 0.241 e. The molecular formula is C14H15BrN2O2S2. The number of sulfonamides is 1. The molecule has 0 saturated heterocycles. The first-order valence-electron chi connectivity index (χ1n) is 6.21. The summed E-state index contributed by atoms with van der Waals surface area (Å²) in [4.78, 5) is 1.31. The first kappa shape index (κ1) is 16.4. The van der Waals surface area contributed by atoms with Crippen molar-refractivity contribution in [1.82, 2.24) is 4.72 Å². The number of hydrogen-bond donors (Lipinski definition) is 2. The van der Waals surface area contributed by atoms with E-state index in [1.165, 1.54) is 6.07 Å². The van der Waals surface area contributed by atoms with Gasteiger partial charge in [0, 0.05) is 27.4 Å². The van der Waals surface area contributed by atoms with Gasteiger partial charge in [0.1, 0.15) is 0 Å². The van der Waals surface area contributed by atoms with Crippen LogP contribution in [-0.2, 0) is 10.0 Å². The van der Waals surface area contributed by atoms with E-state index in [1.807, 2.05) is 30.3 Å². The van der Waals surface area contributed by atoms with E-state index in [-0.39, 0.29) is 4.90 Å². The minimum Gasteiger partial charge on any atom is -0.399 e. The second-order valence-corrected chi connectivity index (χ2v) is 8.01. The van der Waals surface area contributed by atoms with Gasteiger partial charge in [-0.05, 0) is 46.3 Å². The van der Waals surface area contributed by atoms with Gasteiger partial charge in [-0.3, -0.25) is 0 Å². The van der Waals surface area contributed by atoms with Gasteiger partial charge in [0.15, 0.2) is 0 Å². The van der Waals surface area contributed by atoms with Crippen LogP contribution in [0, 0.1) is 0 Å². The minimum atomic E-state index is -3.53. The summed E-state index contributed by atoms with van der Waals surface area (Å²) in [5.41, 5.74) is 6.12. The smallest absolute Gasteiger partial charge is 0.241 e. The predicted octanol–water partition coefficient (Wildman–Crippen LogP) is 3.10. The summed E-state index contributed by atoms with van der Waals surface area (Å²) in [6.45, 7) is 0.360. The molecule has 2 aromatic rings. The molecule has 0 atom stereocenters. The number of benzene rings is 2. The third kappa shape index (κ3) is 4.74. The van der Waals surface area contributed by atoms with Crippen LogP contribution < -0.4 is 10.5 Å². The van der Waals surface area contributed by atoms with E-state index < -0.39 is 10.0 Å². The lowest BCUT2D eigenvalue weighted by Crippen LogP contribution is -2.26. The Labute approximate surface area is 137 Å². The number of anilines is 1. The lowest BCUT2D eigenvalue weighted by atomic mass is 10.3. The number of halogens is 1. The van der Waals surface area contributed by atoms with Crippen molar-refractivity contribution >= 4 is 43.4 Å². The molecule has 3 N–H and O–H groups in total. The van der Waals surface area contributed by atoms with Crippen LogP contribution in [-0.4, -0.2) is 20.7 Å². The molecule has 0 aromatic heterocycles. The van der Waals surface area contributed by atoms with Crippen LogP contribution in [0.2, 0.25) is 0 Å². The molecule has 0 aliphatic rings. The molecule has 4 nitrogen and oxygen atoms in total. The number of nitrogens with two attached hydrogens (primary N) is 1.